The van der Waals surface area contributed by atoms with Crippen LogP contribution in [0.15, 0.2) is 0 Å². The highest BCUT2D eigenvalue weighted by Crippen LogP contribution is 2.68. The third kappa shape index (κ3) is 2.27. The lowest BCUT2D eigenvalue weighted by molar-refractivity contribution is -0.265. The van der Waals surface area contributed by atoms with Gasteiger partial charge >= 0.3 is 0 Å². The molecule has 4 aliphatic carbocycles. The minimum atomic E-state index is -1.22. The maximum absolute atomic E-state index is 11.4. The Bertz CT molecular complexity index is 567. The van der Waals surface area contributed by atoms with Crippen molar-refractivity contribution in [3.05, 3.63) is 0 Å². The summed E-state index contributed by atoms with van der Waals surface area (Å²) in [4.78, 5) is 0. The lowest BCUT2D eigenvalue weighted by Crippen LogP contribution is -2.68. The summed E-state index contributed by atoms with van der Waals surface area (Å²) >= 11 is 0. The van der Waals surface area contributed by atoms with Crippen molar-refractivity contribution >= 4 is 0 Å². The summed E-state index contributed by atoms with van der Waals surface area (Å²) in [5, 5.41) is 53.5. The van der Waals surface area contributed by atoms with Gasteiger partial charge in [0.25, 0.3) is 0 Å². The smallest absolute Gasteiger partial charge is 0.0985 e. The highest BCUT2D eigenvalue weighted by Gasteiger charge is 2.68. The molecule has 4 fully saturated rings. The molecule has 0 aromatic heterocycles. The Morgan fingerprint density at radius 3 is 2.31 bits per heavy atom. The lowest BCUT2D eigenvalue weighted by Gasteiger charge is -2.65. The van der Waals surface area contributed by atoms with Crippen molar-refractivity contribution in [2.75, 3.05) is 0 Å². The molecule has 150 valence electrons. The second-order valence-corrected chi connectivity index (χ2v) is 10.5. The first-order valence-electron chi connectivity index (χ1n) is 10.5. The fourth-order valence-electron chi connectivity index (χ4n) is 8.18. The summed E-state index contributed by atoms with van der Waals surface area (Å²) in [6, 6.07) is 0. The summed E-state index contributed by atoms with van der Waals surface area (Å²) in [7, 11) is 0. The van der Waals surface area contributed by atoms with E-state index in [9.17, 15) is 25.5 Å². The molecule has 26 heavy (non-hydrogen) atoms. The summed E-state index contributed by atoms with van der Waals surface area (Å²) in [5.74, 6) is 0.690. The van der Waals surface area contributed by atoms with E-state index in [1.54, 1.807) is 6.92 Å². The monoisotopic (exact) mass is 368 g/mol. The molecular formula is C21H36O5. The third-order valence-corrected chi connectivity index (χ3v) is 9.46. The van der Waals surface area contributed by atoms with Crippen LogP contribution in [0.3, 0.4) is 0 Å². The molecule has 4 aliphatic rings. The minimum absolute atomic E-state index is 0.117. The average Bonchev–Trinajstić information content (AvgIpc) is 2.81. The van der Waals surface area contributed by atoms with E-state index in [-0.39, 0.29) is 29.6 Å². The molecule has 5 nitrogen and oxygen atoms in total. The molecular weight excluding hydrogens is 332 g/mol. The van der Waals surface area contributed by atoms with Crippen molar-refractivity contribution in [1.82, 2.24) is 0 Å². The van der Waals surface area contributed by atoms with E-state index < -0.39 is 35.4 Å². The maximum Gasteiger partial charge on any atom is 0.0985 e. The highest BCUT2D eigenvalue weighted by molar-refractivity contribution is 5.18. The third-order valence-electron chi connectivity index (χ3n) is 9.46. The Balaban J connectivity index is 1.70. The molecule has 0 heterocycles. The van der Waals surface area contributed by atoms with E-state index in [0.29, 0.717) is 25.2 Å². The molecule has 0 amide bonds. The van der Waals surface area contributed by atoms with Crippen molar-refractivity contribution in [3.8, 4) is 0 Å². The van der Waals surface area contributed by atoms with Gasteiger partial charge in [-0.1, -0.05) is 13.8 Å². The van der Waals surface area contributed by atoms with E-state index >= 15 is 0 Å². The Morgan fingerprint density at radius 2 is 1.65 bits per heavy atom. The number of fused-ring (bicyclic) bond motifs is 5. The predicted octanol–water partition coefficient (Wildman–Crippen LogP) is 1.44. The van der Waals surface area contributed by atoms with E-state index in [2.05, 4.69) is 13.8 Å². The SMILES string of the molecule is C[C@H](O)[C@H]1[C@@H](O)C[C@H]2[C@@H]3C[C@@H](O)[C@@]4(O)C[C@@H](O)CC[C@]4(C)[C@H]3CC[C@]12C. The normalized spacial score (nSPS) is 60.7. The van der Waals surface area contributed by atoms with Gasteiger partial charge in [0.1, 0.15) is 0 Å². The minimum Gasteiger partial charge on any atom is -0.393 e. The quantitative estimate of drug-likeness (QED) is 0.482. The van der Waals surface area contributed by atoms with Crippen molar-refractivity contribution in [2.45, 2.75) is 95.7 Å². The van der Waals surface area contributed by atoms with Crippen LogP contribution in [0.25, 0.3) is 0 Å². The second kappa shape index (κ2) is 5.90. The number of rotatable bonds is 1. The van der Waals surface area contributed by atoms with E-state index in [4.69, 9.17) is 0 Å². The van der Waals surface area contributed by atoms with Gasteiger partial charge in [0.2, 0.25) is 0 Å². The lowest BCUT2D eigenvalue weighted by atomic mass is 9.42. The molecule has 0 spiro atoms. The average molecular weight is 369 g/mol. The van der Waals surface area contributed by atoms with Crippen LogP contribution < -0.4 is 0 Å². The summed E-state index contributed by atoms with van der Waals surface area (Å²) in [5.41, 5.74) is -1.74. The largest absolute Gasteiger partial charge is 0.393 e. The molecule has 0 unspecified atom stereocenters. The zero-order valence-electron chi connectivity index (χ0n) is 16.3. The molecule has 5 N–H and O–H groups in total. The van der Waals surface area contributed by atoms with Crippen LogP contribution >= 0.6 is 0 Å². The first kappa shape index (κ1) is 19.1. The first-order valence-corrected chi connectivity index (χ1v) is 10.5. The molecule has 11 atom stereocenters. The van der Waals surface area contributed by atoms with Crippen LogP contribution in [0, 0.1) is 34.5 Å². The molecule has 5 heteroatoms. The number of aliphatic hydroxyl groups excluding tert-OH is 4. The van der Waals surface area contributed by atoms with E-state index in [1.807, 2.05) is 0 Å². The van der Waals surface area contributed by atoms with Gasteiger partial charge in [0, 0.05) is 17.8 Å². The summed E-state index contributed by atoms with van der Waals surface area (Å²) < 4.78 is 0. The van der Waals surface area contributed by atoms with Crippen molar-refractivity contribution in [2.24, 2.45) is 34.5 Å². The summed E-state index contributed by atoms with van der Waals surface area (Å²) in [6.07, 6.45) is 2.35. The molecule has 0 aliphatic heterocycles. The topological polar surface area (TPSA) is 101 Å². The summed E-state index contributed by atoms with van der Waals surface area (Å²) in [6.45, 7) is 6.10. The van der Waals surface area contributed by atoms with Gasteiger partial charge in [-0.2, -0.15) is 0 Å². The van der Waals surface area contributed by atoms with Crippen LogP contribution in [0.1, 0.15) is 65.7 Å². The molecule has 4 saturated carbocycles. The highest BCUT2D eigenvalue weighted by atomic mass is 16.3. The maximum atomic E-state index is 11.4. The predicted molar refractivity (Wildman–Crippen MR) is 97.1 cm³/mol. The molecule has 0 aromatic rings. The zero-order valence-corrected chi connectivity index (χ0v) is 16.3. The van der Waals surface area contributed by atoms with Crippen molar-refractivity contribution in [1.29, 1.82) is 0 Å². The van der Waals surface area contributed by atoms with Gasteiger partial charge < -0.3 is 25.5 Å². The molecule has 0 radical (unpaired) electrons. The van der Waals surface area contributed by atoms with E-state index in [0.717, 1.165) is 19.3 Å². The fourth-order valence-corrected chi connectivity index (χ4v) is 8.18. The second-order valence-electron chi connectivity index (χ2n) is 10.5. The van der Waals surface area contributed by atoms with Gasteiger partial charge in [-0.05, 0) is 68.6 Å². The molecule has 0 bridgehead atoms. The fraction of sp³-hybridized carbons (Fsp3) is 1.00. The first-order chi connectivity index (χ1) is 12.0. The molecule has 0 saturated heterocycles. The number of hydrogen-bond acceptors (Lipinski definition) is 5. The Kier molecular flexibility index (Phi) is 4.34. The number of hydrogen-bond donors (Lipinski definition) is 5. The van der Waals surface area contributed by atoms with E-state index in [1.165, 1.54) is 0 Å². The van der Waals surface area contributed by atoms with Gasteiger partial charge in [-0.25, -0.2) is 0 Å². The molecule has 0 aromatic carbocycles. The Labute approximate surface area is 156 Å². The molecule has 4 rings (SSSR count). The Hall–Kier alpha value is -0.200. The van der Waals surface area contributed by atoms with Gasteiger partial charge in [0.15, 0.2) is 0 Å². The van der Waals surface area contributed by atoms with Crippen LogP contribution in [0.2, 0.25) is 0 Å². The number of aliphatic hydroxyl groups is 5. The van der Waals surface area contributed by atoms with Crippen LogP contribution in [0.5, 0.6) is 0 Å². The standard InChI is InChI=1S/C21H36O5/c1-11(22)18-16(24)9-15-13-8-17(25)21(26)10-12(23)4-7-20(21,3)14(13)5-6-19(15,18)2/h11-18,22-26H,4-10H2,1-3H3/t11-,12-,13+,14-,15-,16-,17+,18-,19-,20+,21-/m0/s1. The zero-order chi connectivity index (χ0) is 19.1. The Morgan fingerprint density at radius 1 is 0.962 bits per heavy atom. The van der Waals surface area contributed by atoms with Gasteiger partial charge in [-0.3, -0.25) is 0 Å². The van der Waals surface area contributed by atoms with Gasteiger partial charge in [-0.15, -0.1) is 0 Å². The van der Waals surface area contributed by atoms with Crippen molar-refractivity contribution < 1.29 is 25.5 Å². The van der Waals surface area contributed by atoms with Crippen LogP contribution in [0.4, 0.5) is 0 Å². The van der Waals surface area contributed by atoms with Crippen molar-refractivity contribution in [3.63, 3.8) is 0 Å². The van der Waals surface area contributed by atoms with Crippen LogP contribution in [-0.2, 0) is 0 Å². The van der Waals surface area contributed by atoms with Gasteiger partial charge in [0.05, 0.1) is 30.0 Å². The van der Waals surface area contributed by atoms with Crippen LogP contribution in [-0.4, -0.2) is 55.5 Å².